The minimum Gasteiger partial charge on any atom is -0.326 e. The molecule has 2 amide bonds. The normalized spacial score (nSPS) is 19.4. The van der Waals surface area contributed by atoms with E-state index in [1.807, 2.05) is 0 Å². The number of nitrogens with one attached hydrogen (secondary N) is 2. The first-order valence-corrected chi connectivity index (χ1v) is 8.74. The van der Waals surface area contributed by atoms with E-state index < -0.39 is 17.5 Å². The molecule has 0 bridgehead atoms. The largest absolute Gasteiger partial charge is 0.326 e. The Morgan fingerprint density at radius 2 is 1.30 bits per heavy atom. The second-order valence-electron chi connectivity index (χ2n) is 6.67. The molecule has 0 radical (unpaired) electrons. The summed E-state index contributed by atoms with van der Waals surface area (Å²) in [5.41, 5.74) is 0.600. The molecule has 0 saturated heterocycles. The van der Waals surface area contributed by atoms with E-state index in [0.717, 1.165) is 12.1 Å². The molecule has 7 heteroatoms. The zero-order chi connectivity index (χ0) is 19.4. The van der Waals surface area contributed by atoms with Crippen LogP contribution < -0.4 is 10.6 Å². The van der Waals surface area contributed by atoms with E-state index in [-0.39, 0.29) is 29.3 Å². The third kappa shape index (κ3) is 4.87. The number of hydrogen-bond acceptors (Lipinski definition) is 2. The number of rotatable bonds is 4. The quantitative estimate of drug-likeness (QED) is 0.826. The molecule has 27 heavy (non-hydrogen) atoms. The van der Waals surface area contributed by atoms with Crippen molar-refractivity contribution in [2.75, 3.05) is 10.6 Å². The summed E-state index contributed by atoms with van der Waals surface area (Å²) < 4.78 is 39.3. The lowest BCUT2D eigenvalue weighted by Crippen LogP contribution is -2.32. The van der Waals surface area contributed by atoms with Crippen LogP contribution in [0.15, 0.2) is 42.5 Å². The molecule has 1 fully saturated rings. The average Bonchev–Trinajstić information content (AvgIpc) is 2.65. The molecule has 0 heterocycles. The van der Waals surface area contributed by atoms with Crippen LogP contribution in [-0.4, -0.2) is 11.8 Å². The van der Waals surface area contributed by atoms with Crippen LogP contribution in [-0.2, 0) is 9.59 Å². The number of amides is 2. The summed E-state index contributed by atoms with van der Waals surface area (Å²) in [7, 11) is 0. The zero-order valence-electron chi connectivity index (χ0n) is 14.5. The van der Waals surface area contributed by atoms with Crippen molar-refractivity contribution in [3.05, 3.63) is 59.9 Å². The molecule has 2 N–H and O–H groups in total. The Labute approximate surface area is 154 Å². The van der Waals surface area contributed by atoms with Gasteiger partial charge in [0, 0.05) is 29.3 Å². The van der Waals surface area contributed by atoms with Gasteiger partial charge in [-0.2, -0.15) is 0 Å². The van der Waals surface area contributed by atoms with E-state index in [1.54, 1.807) is 6.07 Å². The lowest BCUT2D eigenvalue weighted by molar-refractivity contribution is -0.125. The first kappa shape index (κ1) is 18.9. The van der Waals surface area contributed by atoms with E-state index in [9.17, 15) is 22.8 Å². The van der Waals surface area contributed by atoms with Crippen LogP contribution in [0.3, 0.4) is 0 Å². The van der Waals surface area contributed by atoms with E-state index in [2.05, 4.69) is 10.6 Å². The molecule has 2 aromatic carbocycles. The Morgan fingerprint density at radius 3 is 1.81 bits per heavy atom. The first-order valence-electron chi connectivity index (χ1n) is 8.74. The summed E-state index contributed by atoms with van der Waals surface area (Å²) in [6.45, 7) is 0. The smallest absolute Gasteiger partial charge is 0.227 e. The molecule has 2 aromatic rings. The van der Waals surface area contributed by atoms with Gasteiger partial charge < -0.3 is 10.6 Å². The minimum atomic E-state index is -1.02. The molecular formula is C20H19F3N2O2. The second kappa shape index (κ2) is 8.24. The molecule has 0 spiro atoms. The second-order valence-corrected chi connectivity index (χ2v) is 6.67. The van der Waals surface area contributed by atoms with Crippen molar-refractivity contribution in [1.82, 2.24) is 0 Å². The molecule has 0 atom stereocenters. The maximum atomic E-state index is 13.2. The van der Waals surface area contributed by atoms with Gasteiger partial charge in [-0.1, -0.05) is 6.07 Å². The topological polar surface area (TPSA) is 58.2 Å². The summed E-state index contributed by atoms with van der Waals surface area (Å²) in [5, 5.41) is 5.27. The number of anilines is 2. The first-order chi connectivity index (χ1) is 12.9. The molecular weight excluding hydrogens is 357 g/mol. The fourth-order valence-corrected chi connectivity index (χ4v) is 3.25. The van der Waals surface area contributed by atoms with Crippen molar-refractivity contribution in [1.29, 1.82) is 0 Å². The SMILES string of the molecule is O=C(Nc1cccc(F)c1)C1CCC(C(=O)Nc2ccc(F)c(F)c2)CC1. The molecule has 142 valence electrons. The lowest BCUT2D eigenvalue weighted by atomic mass is 9.81. The third-order valence-corrected chi connectivity index (χ3v) is 4.75. The lowest BCUT2D eigenvalue weighted by Gasteiger charge is -2.27. The Bertz CT molecular complexity index is 849. The number of carbonyl (C=O) groups excluding carboxylic acids is 2. The maximum absolute atomic E-state index is 13.2. The summed E-state index contributed by atoms with van der Waals surface area (Å²) >= 11 is 0. The molecule has 0 aromatic heterocycles. The Morgan fingerprint density at radius 1 is 0.741 bits per heavy atom. The summed E-state index contributed by atoms with van der Waals surface area (Å²) in [5.74, 6) is -3.43. The van der Waals surface area contributed by atoms with Gasteiger partial charge >= 0.3 is 0 Å². The highest BCUT2D eigenvalue weighted by molar-refractivity contribution is 5.94. The van der Waals surface area contributed by atoms with Gasteiger partial charge in [0.15, 0.2) is 11.6 Å². The van der Waals surface area contributed by atoms with Crippen LogP contribution in [0.5, 0.6) is 0 Å². The van der Waals surface area contributed by atoms with Gasteiger partial charge in [-0.3, -0.25) is 9.59 Å². The van der Waals surface area contributed by atoms with Gasteiger partial charge in [0.25, 0.3) is 0 Å². The third-order valence-electron chi connectivity index (χ3n) is 4.75. The predicted molar refractivity (Wildman–Crippen MR) is 95.5 cm³/mol. The molecule has 1 aliphatic carbocycles. The van der Waals surface area contributed by atoms with Crippen molar-refractivity contribution in [3.8, 4) is 0 Å². The average molecular weight is 376 g/mol. The highest BCUT2D eigenvalue weighted by Crippen LogP contribution is 2.30. The molecule has 1 saturated carbocycles. The fraction of sp³-hybridized carbons (Fsp3) is 0.300. The van der Waals surface area contributed by atoms with Gasteiger partial charge in [0.1, 0.15) is 5.82 Å². The minimum absolute atomic E-state index is 0.194. The van der Waals surface area contributed by atoms with Crippen molar-refractivity contribution < 1.29 is 22.8 Å². The Balaban J connectivity index is 1.51. The molecule has 1 aliphatic rings. The van der Waals surface area contributed by atoms with Crippen LogP contribution in [0.2, 0.25) is 0 Å². The summed E-state index contributed by atoms with van der Waals surface area (Å²) in [6, 6.07) is 8.87. The summed E-state index contributed by atoms with van der Waals surface area (Å²) in [6.07, 6.45) is 2.07. The van der Waals surface area contributed by atoms with Crippen molar-refractivity contribution >= 4 is 23.2 Å². The van der Waals surface area contributed by atoms with Gasteiger partial charge in [-0.05, 0) is 56.0 Å². The number of halogens is 3. The Hall–Kier alpha value is -2.83. The zero-order valence-corrected chi connectivity index (χ0v) is 14.5. The van der Waals surface area contributed by atoms with Gasteiger partial charge in [-0.15, -0.1) is 0 Å². The maximum Gasteiger partial charge on any atom is 0.227 e. The van der Waals surface area contributed by atoms with Crippen LogP contribution in [0, 0.1) is 29.3 Å². The van der Waals surface area contributed by atoms with Crippen molar-refractivity contribution in [2.45, 2.75) is 25.7 Å². The van der Waals surface area contributed by atoms with Crippen molar-refractivity contribution in [2.24, 2.45) is 11.8 Å². The van der Waals surface area contributed by atoms with Crippen molar-refractivity contribution in [3.63, 3.8) is 0 Å². The number of benzene rings is 2. The predicted octanol–water partition coefficient (Wildman–Crippen LogP) is 4.49. The Kier molecular flexibility index (Phi) is 5.78. The van der Waals surface area contributed by atoms with Crippen LogP contribution >= 0.6 is 0 Å². The van der Waals surface area contributed by atoms with Gasteiger partial charge in [0.2, 0.25) is 11.8 Å². The fourth-order valence-electron chi connectivity index (χ4n) is 3.25. The van der Waals surface area contributed by atoms with Gasteiger partial charge in [-0.25, -0.2) is 13.2 Å². The van der Waals surface area contributed by atoms with E-state index in [1.165, 1.54) is 24.3 Å². The van der Waals surface area contributed by atoms with Crippen LogP contribution in [0.1, 0.15) is 25.7 Å². The molecule has 3 rings (SSSR count). The molecule has 4 nitrogen and oxygen atoms in total. The van der Waals surface area contributed by atoms with E-state index in [0.29, 0.717) is 31.4 Å². The van der Waals surface area contributed by atoms with Crippen LogP contribution in [0.4, 0.5) is 24.5 Å². The molecule has 0 unspecified atom stereocenters. The highest BCUT2D eigenvalue weighted by Gasteiger charge is 2.30. The van der Waals surface area contributed by atoms with Gasteiger partial charge in [0.05, 0.1) is 0 Å². The van der Waals surface area contributed by atoms with Crippen LogP contribution in [0.25, 0.3) is 0 Å². The van der Waals surface area contributed by atoms with E-state index >= 15 is 0 Å². The number of hydrogen-bond donors (Lipinski definition) is 2. The highest BCUT2D eigenvalue weighted by atomic mass is 19.2. The molecule has 0 aliphatic heterocycles. The van der Waals surface area contributed by atoms with E-state index in [4.69, 9.17) is 0 Å². The standard InChI is InChI=1S/C20H19F3N2O2/c21-14-2-1-3-15(10-14)24-19(26)12-4-6-13(7-5-12)20(27)25-16-8-9-17(22)18(23)11-16/h1-3,8-13H,4-7H2,(H,24,26)(H,25,27). The monoisotopic (exact) mass is 376 g/mol. The summed E-state index contributed by atoms with van der Waals surface area (Å²) in [4.78, 5) is 24.6. The number of carbonyl (C=O) groups is 2.